The van der Waals surface area contributed by atoms with E-state index in [0.717, 1.165) is 17.9 Å². The molecule has 0 aliphatic carbocycles. The molecule has 2 rings (SSSR count). The maximum Gasteiger partial charge on any atom is 0.138 e. The first-order valence-electron chi connectivity index (χ1n) is 5.99. The van der Waals surface area contributed by atoms with Gasteiger partial charge in [-0.2, -0.15) is 10.4 Å². The standard InChI is InChI=1S/C14H14ClN3O/c1-3-18-12(6-10(2)17-18)9-19-14-5-4-11(8-16)7-13(14)15/h4-7H,3,9H2,1-2H3. The Kier molecular flexibility index (Phi) is 4.08. The summed E-state index contributed by atoms with van der Waals surface area (Å²) in [6.45, 7) is 5.18. The van der Waals surface area contributed by atoms with E-state index >= 15 is 0 Å². The van der Waals surface area contributed by atoms with Crippen LogP contribution >= 0.6 is 11.6 Å². The molecule has 0 aliphatic rings. The Morgan fingerprint density at radius 1 is 1.42 bits per heavy atom. The van der Waals surface area contributed by atoms with Crippen LogP contribution in [0.1, 0.15) is 23.9 Å². The van der Waals surface area contributed by atoms with Crippen molar-refractivity contribution < 1.29 is 4.74 Å². The van der Waals surface area contributed by atoms with Gasteiger partial charge in [-0.25, -0.2) is 0 Å². The number of halogens is 1. The number of ether oxygens (including phenoxy) is 1. The third kappa shape index (κ3) is 3.07. The number of aromatic nitrogens is 2. The first-order chi connectivity index (χ1) is 9.13. The van der Waals surface area contributed by atoms with E-state index in [4.69, 9.17) is 21.6 Å². The lowest BCUT2D eigenvalue weighted by Crippen LogP contribution is -2.06. The van der Waals surface area contributed by atoms with Gasteiger partial charge in [0.25, 0.3) is 0 Å². The van der Waals surface area contributed by atoms with E-state index in [1.807, 2.05) is 30.7 Å². The molecule has 0 spiro atoms. The van der Waals surface area contributed by atoms with E-state index < -0.39 is 0 Å². The fourth-order valence-electron chi connectivity index (χ4n) is 1.83. The van der Waals surface area contributed by atoms with Gasteiger partial charge in [-0.1, -0.05) is 11.6 Å². The molecule has 0 atom stereocenters. The summed E-state index contributed by atoms with van der Waals surface area (Å²) in [4.78, 5) is 0. The molecule has 1 aromatic heterocycles. The van der Waals surface area contributed by atoms with Gasteiger partial charge in [0.05, 0.1) is 28.0 Å². The summed E-state index contributed by atoms with van der Waals surface area (Å²) in [7, 11) is 0. The molecule has 1 heterocycles. The van der Waals surface area contributed by atoms with Crippen LogP contribution in [0.4, 0.5) is 0 Å². The highest BCUT2D eigenvalue weighted by molar-refractivity contribution is 6.32. The van der Waals surface area contributed by atoms with Crippen molar-refractivity contribution in [1.82, 2.24) is 9.78 Å². The minimum absolute atomic E-state index is 0.403. The average molecular weight is 276 g/mol. The Hall–Kier alpha value is -1.99. The van der Waals surface area contributed by atoms with Crippen molar-refractivity contribution in [3.63, 3.8) is 0 Å². The molecule has 0 N–H and O–H groups in total. The molecular weight excluding hydrogens is 262 g/mol. The first-order valence-corrected chi connectivity index (χ1v) is 6.37. The first kappa shape index (κ1) is 13.4. The van der Waals surface area contributed by atoms with Crippen LogP contribution in [0.2, 0.25) is 5.02 Å². The van der Waals surface area contributed by atoms with E-state index in [2.05, 4.69) is 5.10 Å². The van der Waals surface area contributed by atoms with Crippen molar-refractivity contribution in [3.8, 4) is 11.8 Å². The van der Waals surface area contributed by atoms with Crippen molar-refractivity contribution in [3.05, 3.63) is 46.2 Å². The number of rotatable bonds is 4. The van der Waals surface area contributed by atoms with Crippen molar-refractivity contribution in [2.75, 3.05) is 0 Å². The zero-order valence-corrected chi connectivity index (χ0v) is 11.6. The smallest absolute Gasteiger partial charge is 0.138 e. The number of hydrogen-bond donors (Lipinski definition) is 0. The van der Waals surface area contributed by atoms with Crippen LogP contribution in [0.3, 0.4) is 0 Å². The summed E-state index contributed by atoms with van der Waals surface area (Å²) in [5, 5.41) is 13.6. The summed E-state index contributed by atoms with van der Waals surface area (Å²) >= 11 is 6.05. The predicted molar refractivity (Wildman–Crippen MR) is 73.1 cm³/mol. The maximum absolute atomic E-state index is 8.77. The highest BCUT2D eigenvalue weighted by atomic mass is 35.5. The van der Waals surface area contributed by atoms with Crippen molar-refractivity contribution in [2.24, 2.45) is 0 Å². The summed E-state index contributed by atoms with van der Waals surface area (Å²) in [5.74, 6) is 0.571. The summed E-state index contributed by atoms with van der Waals surface area (Å²) in [6, 6.07) is 9.01. The SMILES string of the molecule is CCn1nc(C)cc1COc1ccc(C#N)cc1Cl. The Morgan fingerprint density at radius 3 is 2.84 bits per heavy atom. The molecule has 0 saturated heterocycles. The van der Waals surface area contributed by atoms with Gasteiger partial charge in [-0.3, -0.25) is 4.68 Å². The Balaban J connectivity index is 2.12. The molecule has 0 saturated carbocycles. The molecule has 1 aromatic carbocycles. The van der Waals surface area contributed by atoms with E-state index in [0.29, 0.717) is 22.9 Å². The van der Waals surface area contributed by atoms with Gasteiger partial charge in [-0.05, 0) is 38.1 Å². The molecule has 0 radical (unpaired) electrons. The van der Waals surface area contributed by atoms with E-state index in [1.54, 1.807) is 18.2 Å². The summed E-state index contributed by atoms with van der Waals surface area (Å²) < 4.78 is 7.57. The predicted octanol–water partition coefficient (Wildman–Crippen LogP) is 3.32. The van der Waals surface area contributed by atoms with Crippen LogP contribution in [0.25, 0.3) is 0 Å². The van der Waals surface area contributed by atoms with Gasteiger partial charge < -0.3 is 4.74 Å². The Morgan fingerprint density at radius 2 is 2.21 bits per heavy atom. The summed E-state index contributed by atoms with van der Waals surface area (Å²) in [5.41, 5.74) is 2.48. The fraction of sp³-hybridized carbons (Fsp3) is 0.286. The van der Waals surface area contributed by atoms with E-state index in [9.17, 15) is 0 Å². The largest absolute Gasteiger partial charge is 0.486 e. The number of nitrogens with zero attached hydrogens (tertiary/aromatic N) is 3. The number of nitriles is 1. The van der Waals surface area contributed by atoms with E-state index in [-0.39, 0.29) is 0 Å². The van der Waals surface area contributed by atoms with Gasteiger partial charge >= 0.3 is 0 Å². The Bertz CT molecular complexity index is 628. The minimum Gasteiger partial charge on any atom is -0.486 e. The summed E-state index contributed by atoms with van der Waals surface area (Å²) in [6.07, 6.45) is 0. The molecule has 4 nitrogen and oxygen atoms in total. The average Bonchev–Trinajstić information content (AvgIpc) is 2.77. The van der Waals surface area contributed by atoms with Gasteiger partial charge in [0, 0.05) is 6.54 Å². The van der Waals surface area contributed by atoms with Crippen LogP contribution in [0.15, 0.2) is 24.3 Å². The second-order valence-corrected chi connectivity index (χ2v) is 4.55. The molecule has 19 heavy (non-hydrogen) atoms. The van der Waals surface area contributed by atoms with Gasteiger partial charge in [0.1, 0.15) is 12.4 Å². The quantitative estimate of drug-likeness (QED) is 0.860. The normalized spacial score (nSPS) is 10.2. The lowest BCUT2D eigenvalue weighted by Gasteiger charge is -2.09. The van der Waals surface area contributed by atoms with Crippen molar-refractivity contribution in [1.29, 1.82) is 5.26 Å². The van der Waals surface area contributed by atoms with Crippen molar-refractivity contribution in [2.45, 2.75) is 27.0 Å². The molecule has 2 aromatic rings. The number of benzene rings is 1. The minimum atomic E-state index is 0.403. The van der Waals surface area contributed by atoms with Crippen LogP contribution < -0.4 is 4.74 Å². The second-order valence-electron chi connectivity index (χ2n) is 4.14. The number of hydrogen-bond acceptors (Lipinski definition) is 3. The molecule has 98 valence electrons. The molecule has 0 fully saturated rings. The fourth-order valence-corrected chi connectivity index (χ4v) is 2.06. The lowest BCUT2D eigenvalue weighted by atomic mass is 10.2. The third-order valence-electron chi connectivity index (χ3n) is 2.72. The van der Waals surface area contributed by atoms with Gasteiger partial charge in [0.15, 0.2) is 0 Å². The van der Waals surface area contributed by atoms with E-state index in [1.165, 1.54) is 0 Å². The highest BCUT2D eigenvalue weighted by Crippen LogP contribution is 2.26. The third-order valence-corrected chi connectivity index (χ3v) is 3.02. The van der Waals surface area contributed by atoms with Crippen LogP contribution in [-0.4, -0.2) is 9.78 Å². The molecule has 5 heteroatoms. The molecule has 0 amide bonds. The zero-order chi connectivity index (χ0) is 13.8. The molecule has 0 bridgehead atoms. The Labute approximate surface area is 117 Å². The van der Waals surface area contributed by atoms with Crippen LogP contribution in [0, 0.1) is 18.3 Å². The monoisotopic (exact) mass is 275 g/mol. The van der Waals surface area contributed by atoms with Crippen LogP contribution in [-0.2, 0) is 13.2 Å². The molecule has 0 aliphatic heterocycles. The highest BCUT2D eigenvalue weighted by Gasteiger charge is 2.07. The molecular formula is C14H14ClN3O. The van der Waals surface area contributed by atoms with Crippen LogP contribution in [0.5, 0.6) is 5.75 Å². The van der Waals surface area contributed by atoms with Gasteiger partial charge in [0.2, 0.25) is 0 Å². The zero-order valence-electron chi connectivity index (χ0n) is 10.9. The second kappa shape index (κ2) is 5.77. The van der Waals surface area contributed by atoms with Crippen molar-refractivity contribution >= 4 is 11.6 Å². The molecule has 0 unspecified atom stereocenters. The topological polar surface area (TPSA) is 50.8 Å². The maximum atomic E-state index is 8.77. The lowest BCUT2D eigenvalue weighted by molar-refractivity contribution is 0.292. The number of aryl methyl sites for hydroxylation is 2. The van der Waals surface area contributed by atoms with Gasteiger partial charge in [-0.15, -0.1) is 0 Å².